The Hall–Kier alpha value is -0.613. The molecule has 1 heterocycles. The van der Waals surface area contributed by atoms with Crippen molar-refractivity contribution in [3.63, 3.8) is 0 Å². The van der Waals surface area contributed by atoms with Crippen LogP contribution in [0.25, 0.3) is 11.1 Å². The second-order valence-corrected chi connectivity index (χ2v) is 18.0. The predicted octanol–water partition coefficient (Wildman–Crippen LogP) is 7.80. The van der Waals surface area contributed by atoms with E-state index >= 15 is 0 Å². The van der Waals surface area contributed by atoms with Gasteiger partial charge in [0, 0.05) is 0 Å². The summed E-state index contributed by atoms with van der Waals surface area (Å²) in [7, 11) is 0. The molecule has 0 spiro atoms. The van der Waals surface area contributed by atoms with Gasteiger partial charge >= 0.3 is 0 Å². The van der Waals surface area contributed by atoms with Crippen LogP contribution >= 0.6 is 21.8 Å². The van der Waals surface area contributed by atoms with E-state index in [9.17, 15) is 0 Å². The third-order valence-electron chi connectivity index (χ3n) is 5.60. The molecule has 24 heavy (non-hydrogen) atoms. The van der Waals surface area contributed by atoms with E-state index in [1.165, 1.54) is 55.3 Å². The van der Waals surface area contributed by atoms with Crippen LogP contribution in [0.4, 0.5) is 0 Å². The fourth-order valence-electron chi connectivity index (χ4n) is 3.99. The van der Waals surface area contributed by atoms with Crippen LogP contribution in [0.5, 0.6) is 0 Å². The number of benzene rings is 2. The first-order chi connectivity index (χ1) is 11.7. The lowest BCUT2D eigenvalue weighted by atomic mass is 9.92. The van der Waals surface area contributed by atoms with Gasteiger partial charge in [0.25, 0.3) is 0 Å². The van der Waals surface area contributed by atoms with Crippen molar-refractivity contribution < 1.29 is 0 Å². The average molecular weight is 448 g/mol. The summed E-state index contributed by atoms with van der Waals surface area (Å²) in [5, 5.41) is 0. The Morgan fingerprint density at radius 3 is 2.12 bits per heavy atom. The molecule has 0 bridgehead atoms. The molecule has 0 nitrogen and oxygen atoms in total. The molecule has 2 heteroatoms. The van der Waals surface area contributed by atoms with E-state index in [1.54, 1.807) is 11.6 Å². The maximum absolute atomic E-state index is 2.91. The first-order valence-corrected chi connectivity index (χ1v) is 15.3. The van der Waals surface area contributed by atoms with Gasteiger partial charge in [-0.05, 0) is 53.6 Å². The molecule has 1 aliphatic rings. The Morgan fingerprint density at radius 2 is 1.50 bits per heavy atom. The Balaban J connectivity index is 1.59. The highest BCUT2D eigenvalue weighted by Gasteiger charge is 2.34. The van der Waals surface area contributed by atoms with E-state index in [1.807, 2.05) is 0 Å². The van der Waals surface area contributed by atoms with Gasteiger partial charge in [-0.25, -0.2) is 0 Å². The molecular formula is C22H29ISi. The topological polar surface area (TPSA) is 0 Å². The zero-order chi connectivity index (χ0) is 16.8. The van der Waals surface area contributed by atoms with Crippen molar-refractivity contribution in [3.05, 3.63) is 60.2 Å². The zero-order valence-electron chi connectivity index (χ0n) is 14.8. The maximum atomic E-state index is 2.91. The van der Waals surface area contributed by atoms with Gasteiger partial charge in [0.05, 0.1) is 0 Å². The zero-order valence-corrected chi connectivity index (χ0v) is 18.0. The SMILES string of the molecule is CCCCC[Si]1(I)CCC(c2ccc(-c3ccccc3)cc2)CC1. The molecule has 0 amide bonds. The molecule has 0 atom stereocenters. The van der Waals surface area contributed by atoms with Gasteiger partial charge in [-0.3, -0.25) is 0 Å². The lowest BCUT2D eigenvalue weighted by molar-refractivity contribution is 0.602. The highest BCUT2D eigenvalue weighted by molar-refractivity contribution is 14.1. The summed E-state index contributed by atoms with van der Waals surface area (Å²) in [6, 6.07) is 24.7. The molecular weight excluding hydrogens is 419 g/mol. The summed E-state index contributed by atoms with van der Waals surface area (Å²) in [4.78, 5) is 0. The molecule has 0 saturated carbocycles. The second-order valence-electron chi connectivity index (χ2n) is 7.37. The van der Waals surface area contributed by atoms with Crippen LogP contribution in [0.1, 0.15) is 50.5 Å². The normalized spacial score (nSPS) is 24.0. The average Bonchev–Trinajstić information content (AvgIpc) is 2.63. The van der Waals surface area contributed by atoms with Crippen LogP contribution in [-0.4, -0.2) is 5.57 Å². The van der Waals surface area contributed by atoms with Crippen LogP contribution < -0.4 is 0 Å². The minimum absolute atomic E-state index is 0.802. The molecule has 0 N–H and O–H groups in total. The lowest BCUT2D eigenvalue weighted by Gasteiger charge is -2.34. The number of rotatable bonds is 6. The van der Waals surface area contributed by atoms with Crippen LogP contribution in [0.3, 0.4) is 0 Å². The third-order valence-corrected chi connectivity index (χ3v) is 14.1. The summed E-state index contributed by atoms with van der Waals surface area (Å²) in [5.41, 5.74) is 3.29. The van der Waals surface area contributed by atoms with Gasteiger partial charge in [-0.1, -0.05) is 80.8 Å². The monoisotopic (exact) mass is 448 g/mol. The second kappa shape index (κ2) is 8.66. The van der Waals surface area contributed by atoms with Gasteiger partial charge < -0.3 is 0 Å². The van der Waals surface area contributed by atoms with Crippen molar-refractivity contribution in [3.8, 4) is 11.1 Å². The summed E-state index contributed by atoms with van der Waals surface area (Å²) in [6.45, 7) is 2.32. The quantitative estimate of drug-likeness (QED) is 0.183. The van der Waals surface area contributed by atoms with E-state index in [4.69, 9.17) is 0 Å². The molecule has 2 aromatic rings. The third kappa shape index (κ3) is 4.72. The fraction of sp³-hybridized carbons (Fsp3) is 0.455. The van der Waals surface area contributed by atoms with E-state index in [-0.39, 0.29) is 0 Å². The highest BCUT2D eigenvalue weighted by atomic mass is 127. The lowest BCUT2D eigenvalue weighted by Crippen LogP contribution is -2.30. The van der Waals surface area contributed by atoms with Gasteiger partial charge in [0.1, 0.15) is 5.57 Å². The van der Waals surface area contributed by atoms with E-state index in [2.05, 4.69) is 83.3 Å². The fourth-order valence-corrected chi connectivity index (χ4v) is 10.4. The number of hydrogen-bond acceptors (Lipinski definition) is 0. The molecule has 1 saturated heterocycles. The van der Waals surface area contributed by atoms with Crippen LogP contribution in [0.15, 0.2) is 54.6 Å². The first-order valence-electron chi connectivity index (χ1n) is 9.54. The van der Waals surface area contributed by atoms with Crippen molar-refractivity contribution in [1.29, 1.82) is 0 Å². The molecule has 3 rings (SSSR count). The van der Waals surface area contributed by atoms with Crippen LogP contribution in [0.2, 0.25) is 18.1 Å². The molecule has 1 aliphatic heterocycles. The van der Waals surface area contributed by atoms with Gasteiger partial charge in [0.2, 0.25) is 0 Å². The van der Waals surface area contributed by atoms with Gasteiger partial charge in [-0.2, -0.15) is 0 Å². The summed E-state index contributed by atoms with van der Waals surface area (Å²) in [6.07, 6.45) is 7.11. The molecule has 128 valence electrons. The number of halogens is 1. The van der Waals surface area contributed by atoms with Crippen LogP contribution in [-0.2, 0) is 0 Å². The van der Waals surface area contributed by atoms with E-state index in [0.29, 0.717) is 0 Å². The molecule has 1 fully saturated rings. The number of hydrogen-bond donors (Lipinski definition) is 0. The Bertz CT molecular complexity index is 612. The smallest absolute Gasteiger partial charge is 0.119 e. The van der Waals surface area contributed by atoms with E-state index < -0.39 is 5.57 Å². The van der Waals surface area contributed by atoms with Gasteiger partial charge in [0.15, 0.2) is 0 Å². The molecule has 0 aromatic heterocycles. The Morgan fingerprint density at radius 1 is 0.875 bits per heavy atom. The summed E-state index contributed by atoms with van der Waals surface area (Å²) in [5.74, 6) is 0.802. The molecule has 0 radical (unpaired) electrons. The first kappa shape index (κ1) is 18.2. The van der Waals surface area contributed by atoms with Crippen molar-refractivity contribution >= 4 is 27.4 Å². The standard InChI is InChI=1S/C22H29ISi/c1-2-3-7-16-24(23)17-14-22(15-18-24)21-12-10-20(11-13-21)19-8-5-4-6-9-19/h4-6,8-13,22H,2-3,7,14-18H2,1H3. The molecule has 0 unspecified atom stereocenters. The highest BCUT2D eigenvalue weighted by Crippen LogP contribution is 2.44. The van der Waals surface area contributed by atoms with Crippen molar-refractivity contribution in [1.82, 2.24) is 0 Å². The van der Waals surface area contributed by atoms with Crippen LogP contribution in [0, 0.1) is 0 Å². The summed E-state index contributed by atoms with van der Waals surface area (Å²) < 4.78 is 0. The summed E-state index contributed by atoms with van der Waals surface area (Å²) >= 11 is 2.91. The maximum Gasteiger partial charge on any atom is 0.125 e. The van der Waals surface area contributed by atoms with E-state index in [0.717, 1.165) is 5.92 Å². The minimum Gasteiger partial charge on any atom is -0.119 e. The molecule has 0 aliphatic carbocycles. The molecule has 2 aromatic carbocycles. The van der Waals surface area contributed by atoms with Crippen molar-refractivity contribution in [2.24, 2.45) is 0 Å². The van der Waals surface area contributed by atoms with Crippen molar-refractivity contribution in [2.75, 3.05) is 0 Å². The largest absolute Gasteiger partial charge is 0.125 e. The Kier molecular flexibility index (Phi) is 6.56. The van der Waals surface area contributed by atoms with Crippen molar-refractivity contribution in [2.45, 2.75) is 63.1 Å². The minimum atomic E-state index is -0.942. The Labute approximate surface area is 161 Å². The predicted molar refractivity (Wildman–Crippen MR) is 118 cm³/mol. The van der Waals surface area contributed by atoms with Gasteiger partial charge in [-0.15, -0.1) is 21.8 Å². The number of unbranched alkanes of at least 4 members (excludes halogenated alkanes) is 2.